The summed E-state index contributed by atoms with van der Waals surface area (Å²) in [5, 5.41) is 12.2. The van der Waals surface area contributed by atoms with E-state index in [2.05, 4.69) is 15.3 Å². The second kappa shape index (κ2) is 5.53. The molecule has 0 fully saturated rings. The van der Waals surface area contributed by atoms with Gasteiger partial charge in [-0.3, -0.25) is 4.79 Å². The van der Waals surface area contributed by atoms with Crippen LogP contribution in [-0.4, -0.2) is 28.1 Å². The zero-order chi connectivity index (χ0) is 13.8. The van der Waals surface area contributed by atoms with Gasteiger partial charge in [0.15, 0.2) is 11.0 Å². The zero-order valence-electron chi connectivity index (χ0n) is 9.92. The third-order valence-electron chi connectivity index (χ3n) is 2.33. The largest absolute Gasteiger partial charge is 0.507 e. The summed E-state index contributed by atoms with van der Waals surface area (Å²) in [4.78, 5) is 19.7. The van der Waals surface area contributed by atoms with Crippen LogP contribution in [0, 0.1) is 0 Å². The van der Waals surface area contributed by atoms with E-state index in [1.807, 2.05) is 0 Å². The van der Waals surface area contributed by atoms with Crippen molar-refractivity contribution in [3.05, 3.63) is 41.3 Å². The minimum Gasteiger partial charge on any atom is -0.507 e. The van der Waals surface area contributed by atoms with E-state index >= 15 is 0 Å². The number of phenolic OH excluding ortho intramolecular Hbond substituents is 1. The molecule has 1 aromatic carbocycles. The lowest BCUT2D eigenvalue weighted by Gasteiger charge is -2.08. The van der Waals surface area contributed by atoms with E-state index in [4.69, 9.17) is 16.3 Å². The summed E-state index contributed by atoms with van der Waals surface area (Å²) < 4.78 is 4.99. The maximum Gasteiger partial charge on any atom is 0.260 e. The number of aromatic hydroxyl groups is 1. The number of amides is 1. The lowest BCUT2D eigenvalue weighted by atomic mass is 10.2. The molecule has 1 aromatic heterocycles. The Morgan fingerprint density at radius 3 is 2.79 bits per heavy atom. The van der Waals surface area contributed by atoms with Gasteiger partial charge in [0.1, 0.15) is 11.5 Å². The van der Waals surface area contributed by atoms with E-state index < -0.39 is 5.91 Å². The number of methoxy groups -OCH3 is 1. The van der Waals surface area contributed by atoms with Gasteiger partial charge in [0, 0.05) is 12.4 Å². The fourth-order valence-electron chi connectivity index (χ4n) is 1.40. The Balaban J connectivity index is 2.28. The number of carbonyl (C=O) groups is 1. The molecule has 2 rings (SSSR count). The van der Waals surface area contributed by atoms with Gasteiger partial charge in [-0.2, -0.15) is 0 Å². The molecule has 2 aromatic rings. The first-order valence-corrected chi connectivity index (χ1v) is 5.64. The molecule has 1 amide bonds. The zero-order valence-corrected chi connectivity index (χ0v) is 10.7. The van der Waals surface area contributed by atoms with Crippen LogP contribution in [0.2, 0.25) is 5.15 Å². The highest BCUT2D eigenvalue weighted by Crippen LogP contribution is 2.24. The number of benzene rings is 1. The summed E-state index contributed by atoms with van der Waals surface area (Å²) in [6.45, 7) is 0. The van der Waals surface area contributed by atoms with Crippen molar-refractivity contribution in [2.24, 2.45) is 0 Å². The topological polar surface area (TPSA) is 84.3 Å². The summed E-state index contributed by atoms with van der Waals surface area (Å²) in [6, 6.07) is 4.32. The number of anilines is 1. The molecule has 0 radical (unpaired) electrons. The molecular formula is C12H10ClN3O3. The maximum absolute atomic E-state index is 12.0. The van der Waals surface area contributed by atoms with Gasteiger partial charge >= 0.3 is 0 Å². The summed E-state index contributed by atoms with van der Waals surface area (Å²) in [7, 11) is 1.47. The number of phenols is 1. The number of nitrogens with one attached hydrogen (secondary N) is 1. The molecule has 0 aliphatic heterocycles. The smallest absolute Gasteiger partial charge is 0.260 e. The van der Waals surface area contributed by atoms with Crippen LogP contribution in [0.3, 0.4) is 0 Å². The highest BCUT2D eigenvalue weighted by molar-refractivity contribution is 6.32. The molecule has 0 spiro atoms. The summed E-state index contributed by atoms with van der Waals surface area (Å²) >= 11 is 5.78. The Morgan fingerprint density at radius 2 is 2.11 bits per heavy atom. The van der Waals surface area contributed by atoms with Crippen LogP contribution in [0.4, 0.5) is 5.82 Å². The van der Waals surface area contributed by atoms with Gasteiger partial charge in [-0.05, 0) is 18.2 Å². The van der Waals surface area contributed by atoms with Crippen LogP contribution in [0.1, 0.15) is 10.4 Å². The van der Waals surface area contributed by atoms with E-state index in [0.717, 1.165) is 0 Å². The highest BCUT2D eigenvalue weighted by atomic mass is 35.5. The highest BCUT2D eigenvalue weighted by Gasteiger charge is 2.14. The monoisotopic (exact) mass is 279 g/mol. The van der Waals surface area contributed by atoms with E-state index in [1.54, 1.807) is 6.07 Å². The first kappa shape index (κ1) is 13.1. The molecule has 1 heterocycles. The molecule has 98 valence electrons. The van der Waals surface area contributed by atoms with Gasteiger partial charge in [-0.1, -0.05) is 11.6 Å². The van der Waals surface area contributed by atoms with E-state index in [-0.39, 0.29) is 22.3 Å². The third-order valence-corrected chi connectivity index (χ3v) is 2.61. The number of carbonyl (C=O) groups excluding carboxylic acids is 1. The Bertz CT molecular complexity index is 619. The first-order valence-electron chi connectivity index (χ1n) is 5.26. The lowest BCUT2D eigenvalue weighted by Crippen LogP contribution is -2.14. The molecule has 6 nitrogen and oxygen atoms in total. The number of rotatable bonds is 3. The van der Waals surface area contributed by atoms with Crippen molar-refractivity contribution in [1.82, 2.24) is 9.97 Å². The molecule has 0 saturated carbocycles. The number of halogens is 1. The Hall–Kier alpha value is -2.34. The molecule has 0 saturated heterocycles. The standard InChI is InChI=1S/C12H10ClN3O3/c1-19-7-2-3-9(17)8(6-7)12(18)16-11-10(13)14-4-5-15-11/h2-6,17H,1H3,(H,15,16,18). The predicted molar refractivity (Wildman–Crippen MR) is 69.7 cm³/mol. The van der Waals surface area contributed by atoms with Crippen LogP contribution in [0.15, 0.2) is 30.6 Å². The SMILES string of the molecule is COc1ccc(O)c(C(=O)Nc2nccnc2Cl)c1. The van der Waals surface area contributed by atoms with Crippen LogP contribution in [-0.2, 0) is 0 Å². The number of aromatic nitrogens is 2. The lowest BCUT2D eigenvalue weighted by molar-refractivity contribution is 0.102. The summed E-state index contributed by atoms with van der Waals surface area (Å²) in [6.07, 6.45) is 2.80. The third kappa shape index (κ3) is 2.92. The fourth-order valence-corrected chi connectivity index (χ4v) is 1.56. The van der Waals surface area contributed by atoms with Crippen LogP contribution < -0.4 is 10.1 Å². The fraction of sp³-hybridized carbons (Fsp3) is 0.0833. The van der Waals surface area contributed by atoms with Crippen LogP contribution >= 0.6 is 11.6 Å². The first-order chi connectivity index (χ1) is 9.11. The predicted octanol–water partition coefficient (Wildman–Crippen LogP) is 2.10. The van der Waals surface area contributed by atoms with Gasteiger partial charge in [0.05, 0.1) is 12.7 Å². The molecule has 0 aliphatic rings. The van der Waals surface area contributed by atoms with Gasteiger partial charge in [0.25, 0.3) is 5.91 Å². The molecule has 0 unspecified atom stereocenters. The van der Waals surface area contributed by atoms with Crippen LogP contribution in [0.5, 0.6) is 11.5 Å². The second-order valence-electron chi connectivity index (χ2n) is 3.53. The Labute approximate surface area is 114 Å². The minimum atomic E-state index is -0.557. The summed E-state index contributed by atoms with van der Waals surface area (Å²) in [5.41, 5.74) is 0.0565. The maximum atomic E-state index is 12.0. The van der Waals surface area contributed by atoms with Crippen molar-refractivity contribution >= 4 is 23.3 Å². The number of ether oxygens (including phenoxy) is 1. The van der Waals surface area contributed by atoms with Gasteiger partial charge < -0.3 is 15.2 Å². The Kier molecular flexibility index (Phi) is 3.82. The van der Waals surface area contributed by atoms with Gasteiger partial charge in [-0.25, -0.2) is 9.97 Å². The van der Waals surface area contributed by atoms with E-state index in [1.165, 1.54) is 31.6 Å². The number of hydrogen-bond donors (Lipinski definition) is 2. The average Bonchev–Trinajstić information content (AvgIpc) is 2.42. The molecule has 0 atom stereocenters. The second-order valence-corrected chi connectivity index (χ2v) is 3.89. The number of nitrogens with zero attached hydrogens (tertiary/aromatic N) is 2. The van der Waals surface area contributed by atoms with Crippen LogP contribution in [0.25, 0.3) is 0 Å². The molecule has 0 aliphatic carbocycles. The van der Waals surface area contributed by atoms with Crippen molar-refractivity contribution in [2.45, 2.75) is 0 Å². The van der Waals surface area contributed by atoms with Gasteiger partial charge in [-0.15, -0.1) is 0 Å². The van der Waals surface area contributed by atoms with E-state index in [9.17, 15) is 9.90 Å². The van der Waals surface area contributed by atoms with Crippen molar-refractivity contribution in [3.8, 4) is 11.5 Å². The van der Waals surface area contributed by atoms with Crippen molar-refractivity contribution in [1.29, 1.82) is 0 Å². The quantitative estimate of drug-likeness (QED) is 0.899. The van der Waals surface area contributed by atoms with E-state index in [0.29, 0.717) is 5.75 Å². The van der Waals surface area contributed by atoms with Crippen molar-refractivity contribution < 1.29 is 14.6 Å². The van der Waals surface area contributed by atoms with Crippen molar-refractivity contribution in [2.75, 3.05) is 12.4 Å². The molecular weight excluding hydrogens is 270 g/mol. The molecule has 19 heavy (non-hydrogen) atoms. The Morgan fingerprint density at radius 1 is 1.37 bits per heavy atom. The average molecular weight is 280 g/mol. The summed E-state index contributed by atoms with van der Waals surface area (Å²) in [5.74, 6) is -0.151. The molecule has 2 N–H and O–H groups in total. The number of hydrogen-bond acceptors (Lipinski definition) is 5. The van der Waals surface area contributed by atoms with Crippen molar-refractivity contribution in [3.63, 3.8) is 0 Å². The minimum absolute atomic E-state index is 0.0565. The normalized spacial score (nSPS) is 10.0. The molecule has 7 heteroatoms. The molecule has 0 bridgehead atoms. The van der Waals surface area contributed by atoms with Gasteiger partial charge in [0.2, 0.25) is 0 Å².